The molecule has 0 saturated heterocycles. The summed E-state index contributed by atoms with van der Waals surface area (Å²) >= 11 is 1.57. The van der Waals surface area contributed by atoms with Crippen LogP contribution < -0.4 is 10.9 Å². The Morgan fingerprint density at radius 2 is 1.82 bits per heavy atom. The van der Waals surface area contributed by atoms with Crippen LogP contribution in [-0.4, -0.2) is 29.6 Å². The molecule has 0 aliphatic carbocycles. The minimum Gasteiger partial charge on any atom is -0.506 e. The third-order valence-corrected chi connectivity index (χ3v) is 8.16. The molecule has 0 fully saturated rings. The van der Waals surface area contributed by atoms with Crippen LogP contribution in [0.5, 0.6) is 5.75 Å². The minimum absolute atomic E-state index is 0.1000. The second-order valence-corrected chi connectivity index (χ2v) is 10.6. The molecule has 4 N–H and O–H groups in total. The molecule has 10 heteroatoms. The summed E-state index contributed by atoms with van der Waals surface area (Å²) in [4.78, 5) is 19.3. The molecule has 0 spiro atoms. The Morgan fingerprint density at radius 3 is 2.68 bits per heavy atom. The first-order chi connectivity index (χ1) is 16.4. The molecule has 2 aromatic carbocycles. The van der Waals surface area contributed by atoms with Crippen molar-refractivity contribution in [2.24, 2.45) is 4.40 Å². The smallest absolute Gasteiger partial charge is 0.267 e. The highest BCUT2D eigenvalue weighted by molar-refractivity contribution is 8.23. The fourth-order valence-corrected chi connectivity index (χ4v) is 6.36. The number of pyridine rings is 2. The molecule has 1 aliphatic heterocycles. The van der Waals surface area contributed by atoms with Crippen molar-refractivity contribution in [2.45, 2.75) is 11.4 Å². The van der Waals surface area contributed by atoms with E-state index >= 15 is 0 Å². The second-order valence-electron chi connectivity index (χ2n) is 7.82. The number of hydrogen-bond donors (Lipinski definition) is 4. The number of hydrogen-bond acceptors (Lipinski definition) is 8. The maximum atomic E-state index is 13.7. The molecule has 4 heterocycles. The number of fused-ring (bicyclic) bond motifs is 3. The molecule has 3 aromatic heterocycles. The van der Waals surface area contributed by atoms with Crippen LogP contribution in [0.1, 0.15) is 10.4 Å². The first kappa shape index (κ1) is 20.9. The number of thiophene rings is 1. The van der Waals surface area contributed by atoms with Crippen LogP contribution in [-0.2, 0) is 6.54 Å². The average Bonchev–Trinajstić information content (AvgIpc) is 3.24. The van der Waals surface area contributed by atoms with Gasteiger partial charge in [-0.3, -0.25) is 18.5 Å². The zero-order chi connectivity index (χ0) is 23.4. The van der Waals surface area contributed by atoms with Crippen molar-refractivity contribution < 1.29 is 14.2 Å². The summed E-state index contributed by atoms with van der Waals surface area (Å²) in [6.45, 7) is 0.235. The Labute approximate surface area is 199 Å². The maximum absolute atomic E-state index is 13.7. The van der Waals surface area contributed by atoms with E-state index in [1.54, 1.807) is 53.9 Å². The average molecular weight is 491 g/mol. The van der Waals surface area contributed by atoms with Gasteiger partial charge in [0.1, 0.15) is 21.9 Å². The van der Waals surface area contributed by atoms with Crippen LogP contribution in [0.15, 0.2) is 87.0 Å². The first-order valence-electron chi connectivity index (χ1n) is 10.3. The molecule has 0 amide bonds. The Balaban J connectivity index is 1.56. The van der Waals surface area contributed by atoms with Gasteiger partial charge in [0.2, 0.25) is 0 Å². The minimum atomic E-state index is -3.56. The molecular weight excluding hydrogens is 472 g/mol. The lowest BCUT2D eigenvalue weighted by Gasteiger charge is -2.34. The molecule has 0 bridgehead atoms. The normalized spacial score (nSPS) is 15.5. The van der Waals surface area contributed by atoms with Crippen LogP contribution >= 0.6 is 22.1 Å². The molecule has 8 nitrogen and oxygen atoms in total. The topological polar surface area (TPSA) is 120 Å². The van der Waals surface area contributed by atoms with Gasteiger partial charge in [0, 0.05) is 15.8 Å². The van der Waals surface area contributed by atoms with Crippen LogP contribution in [0.25, 0.3) is 21.1 Å². The van der Waals surface area contributed by atoms with E-state index in [-0.39, 0.29) is 28.6 Å². The number of anilines is 1. The Hall–Kier alpha value is -3.70. The third kappa shape index (κ3) is 3.27. The zero-order valence-corrected chi connectivity index (χ0v) is 19.2. The summed E-state index contributed by atoms with van der Waals surface area (Å²) in [5, 5.41) is 15.5. The van der Waals surface area contributed by atoms with Gasteiger partial charge in [-0.05, 0) is 41.8 Å². The molecular formula is C24H18N4O4S2. The molecule has 0 saturated carbocycles. The standard InChI is InChI=1S/C24H18N4O4S2/c29-21-16-7-5-11-25-23(16)28(13-15-12-14-6-1-3-9-18(14)33-15)24(30)20(21)22-26-17-8-2-4-10-19(17)34(31,32)27-22/h1-12,29,31-32H,13H2,(H,26,27). The zero-order valence-electron chi connectivity index (χ0n) is 17.5. The van der Waals surface area contributed by atoms with Gasteiger partial charge in [0.05, 0.1) is 17.6 Å². The molecule has 0 radical (unpaired) electrons. The summed E-state index contributed by atoms with van der Waals surface area (Å²) in [5.41, 5.74) is 0.0568. The van der Waals surface area contributed by atoms with Crippen molar-refractivity contribution >= 4 is 54.8 Å². The van der Waals surface area contributed by atoms with E-state index in [2.05, 4.69) is 14.7 Å². The van der Waals surface area contributed by atoms with E-state index < -0.39 is 16.3 Å². The van der Waals surface area contributed by atoms with Gasteiger partial charge < -0.3 is 10.4 Å². The number of nitrogens with zero attached hydrogens (tertiary/aromatic N) is 3. The van der Waals surface area contributed by atoms with E-state index in [0.717, 1.165) is 15.0 Å². The lowest BCUT2D eigenvalue weighted by Crippen LogP contribution is -2.32. The van der Waals surface area contributed by atoms with Crippen molar-refractivity contribution in [1.82, 2.24) is 9.55 Å². The Morgan fingerprint density at radius 1 is 1.03 bits per heavy atom. The molecule has 1 aliphatic rings. The molecule has 34 heavy (non-hydrogen) atoms. The van der Waals surface area contributed by atoms with Gasteiger partial charge >= 0.3 is 0 Å². The van der Waals surface area contributed by atoms with Gasteiger partial charge in [-0.15, -0.1) is 15.7 Å². The summed E-state index contributed by atoms with van der Waals surface area (Å²) in [6, 6.07) is 19.9. The van der Waals surface area contributed by atoms with Crippen LogP contribution in [0, 0.1) is 0 Å². The monoisotopic (exact) mass is 490 g/mol. The number of nitrogens with one attached hydrogen (secondary N) is 1. The van der Waals surface area contributed by atoms with Gasteiger partial charge in [-0.2, -0.15) is 0 Å². The predicted octanol–water partition coefficient (Wildman–Crippen LogP) is 5.26. The van der Waals surface area contributed by atoms with Crippen molar-refractivity contribution in [1.29, 1.82) is 0 Å². The first-order valence-corrected chi connectivity index (χ1v) is 12.7. The molecule has 0 unspecified atom stereocenters. The second kappa shape index (κ2) is 7.67. The fraction of sp³-hybridized carbons (Fsp3) is 0.0417. The highest BCUT2D eigenvalue weighted by Gasteiger charge is 2.30. The number of aromatic nitrogens is 2. The van der Waals surface area contributed by atoms with Gasteiger partial charge in [0.25, 0.3) is 5.56 Å². The molecule has 5 aromatic rings. The van der Waals surface area contributed by atoms with Crippen LogP contribution in [0.3, 0.4) is 0 Å². The highest BCUT2D eigenvalue weighted by atomic mass is 32.3. The number of para-hydroxylation sites is 1. The summed E-state index contributed by atoms with van der Waals surface area (Å²) in [7, 11) is -3.56. The van der Waals surface area contributed by atoms with E-state index in [1.807, 2.05) is 30.3 Å². The van der Waals surface area contributed by atoms with Gasteiger partial charge in [-0.25, -0.2) is 4.98 Å². The highest BCUT2D eigenvalue weighted by Crippen LogP contribution is 2.55. The maximum Gasteiger partial charge on any atom is 0.267 e. The van der Waals surface area contributed by atoms with E-state index in [9.17, 15) is 19.0 Å². The van der Waals surface area contributed by atoms with E-state index in [4.69, 9.17) is 0 Å². The lowest BCUT2D eigenvalue weighted by atomic mass is 10.1. The van der Waals surface area contributed by atoms with Crippen LogP contribution in [0.2, 0.25) is 0 Å². The van der Waals surface area contributed by atoms with Crippen LogP contribution in [0.4, 0.5) is 5.69 Å². The third-order valence-electron chi connectivity index (χ3n) is 5.67. The summed E-state index contributed by atoms with van der Waals surface area (Å²) in [5.74, 6) is -0.418. The lowest BCUT2D eigenvalue weighted by molar-refractivity contribution is 0.477. The predicted molar refractivity (Wildman–Crippen MR) is 136 cm³/mol. The van der Waals surface area contributed by atoms with E-state index in [1.165, 1.54) is 4.57 Å². The Kier molecular flexibility index (Phi) is 4.71. The number of amidine groups is 1. The quantitative estimate of drug-likeness (QED) is 0.274. The van der Waals surface area contributed by atoms with Crippen molar-refractivity contribution in [3.05, 3.63) is 93.7 Å². The molecule has 0 atom stereocenters. The number of rotatable bonds is 3. The Bertz CT molecular complexity index is 1660. The largest absolute Gasteiger partial charge is 0.506 e. The summed E-state index contributed by atoms with van der Waals surface area (Å²) in [6.07, 6.45) is 1.56. The van der Waals surface area contributed by atoms with Gasteiger partial charge in [0.15, 0.2) is 5.84 Å². The van der Waals surface area contributed by atoms with E-state index in [0.29, 0.717) is 16.7 Å². The van der Waals surface area contributed by atoms with Crippen molar-refractivity contribution in [3.8, 4) is 5.75 Å². The summed E-state index contributed by atoms with van der Waals surface area (Å²) < 4.78 is 27.9. The molecule has 170 valence electrons. The molecule has 6 rings (SSSR count). The van der Waals surface area contributed by atoms with Gasteiger partial charge in [-0.1, -0.05) is 41.1 Å². The van der Waals surface area contributed by atoms with Crippen molar-refractivity contribution in [3.63, 3.8) is 0 Å². The fourth-order valence-electron chi connectivity index (χ4n) is 4.14. The van der Waals surface area contributed by atoms with Crippen molar-refractivity contribution in [2.75, 3.05) is 5.32 Å². The number of benzene rings is 2. The number of aromatic hydroxyl groups is 1. The SMILES string of the molecule is O=c1c(C2=NS(O)(O)c3ccccc3N2)c(O)c2cccnc2n1Cc1cc2ccccc2s1.